The van der Waals surface area contributed by atoms with E-state index in [-0.39, 0.29) is 5.38 Å². The van der Waals surface area contributed by atoms with Crippen LogP contribution in [0.15, 0.2) is 16.8 Å². The maximum atomic E-state index is 6.33. The minimum atomic E-state index is -0.107. The Hall–Kier alpha value is -1.33. The van der Waals surface area contributed by atoms with Gasteiger partial charge in [-0.1, -0.05) is 6.92 Å². The minimum absolute atomic E-state index is 0.107. The summed E-state index contributed by atoms with van der Waals surface area (Å²) in [5, 5.41) is 8.77. The van der Waals surface area contributed by atoms with E-state index < -0.39 is 0 Å². The maximum absolute atomic E-state index is 6.33. The van der Waals surface area contributed by atoms with Gasteiger partial charge < -0.3 is 4.57 Å². The van der Waals surface area contributed by atoms with Crippen molar-refractivity contribution in [2.75, 3.05) is 0 Å². The van der Waals surface area contributed by atoms with Gasteiger partial charge in [0.1, 0.15) is 11.3 Å². The number of alkyl halides is 1. The predicted octanol–water partition coefficient (Wildman–Crippen LogP) is 3.94. The zero-order chi connectivity index (χ0) is 15.0. The van der Waals surface area contributed by atoms with Crippen LogP contribution in [0.2, 0.25) is 0 Å². The average Bonchev–Trinajstić information content (AvgIpc) is 3.13. The number of imidazole rings is 1. The summed E-state index contributed by atoms with van der Waals surface area (Å²) in [6.45, 7) is 4.96. The molecule has 21 heavy (non-hydrogen) atoms. The van der Waals surface area contributed by atoms with E-state index >= 15 is 0 Å². The van der Waals surface area contributed by atoms with Gasteiger partial charge in [-0.2, -0.15) is 16.4 Å². The van der Waals surface area contributed by atoms with Crippen LogP contribution in [-0.2, 0) is 26.4 Å². The molecule has 1 unspecified atom stereocenters. The Morgan fingerprint density at radius 3 is 2.86 bits per heavy atom. The highest BCUT2D eigenvalue weighted by atomic mass is 35.5. The molecule has 0 radical (unpaired) electrons. The molecule has 0 aliphatic carbocycles. The summed E-state index contributed by atoms with van der Waals surface area (Å²) in [7, 11) is 1.98. The van der Waals surface area contributed by atoms with E-state index in [1.54, 1.807) is 11.3 Å². The van der Waals surface area contributed by atoms with Crippen molar-refractivity contribution < 1.29 is 0 Å². The normalized spacial score (nSPS) is 13.1. The number of nitrogens with zero attached hydrogens (tertiary/aromatic N) is 4. The van der Waals surface area contributed by atoms with Crippen molar-refractivity contribution in [3.8, 4) is 0 Å². The highest BCUT2D eigenvalue weighted by Crippen LogP contribution is 2.27. The van der Waals surface area contributed by atoms with Crippen molar-refractivity contribution >= 4 is 34.1 Å². The fourth-order valence-corrected chi connectivity index (χ4v) is 3.57. The monoisotopic (exact) mass is 322 g/mol. The third-order valence-electron chi connectivity index (χ3n) is 3.72. The fraction of sp³-hybridized carbons (Fsp3) is 0.467. The van der Waals surface area contributed by atoms with Crippen molar-refractivity contribution in [3.63, 3.8) is 0 Å². The van der Waals surface area contributed by atoms with Gasteiger partial charge in [-0.25, -0.2) is 4.98 Å². The SMILES string of the molecule is CCc1nn(C)c2c1nc(C(C)Cl)n2CCc1ccsc1. The first-order chi connectivity index (χ1) is 10.1. The Morgan fingerprint density at radius 2 is 2.24 bits per heavy atom. The molecule has 0 saturated carbocycles. The molecule has 112 valence electrons. The predicted molar refractivity (Wildman–Crippen MR) is 88.2 cm³/mol. The van der Waals surface area contributed by atoms with Crippen LogP contribution in [0.3, 0.4) is 0 Å². The number of fused-ring (bicyclic) bond motifs is 1. The van der Waals surface area contributed by atoms with E-state index in [9.17, 15) is 0 Å². The van der Waals surface area contributed by atoms with Gasteiger partial charge in [0.25, 0.3) is 0 Å². The maximum Gasteiger partial charge on any atom is 0.158 e. The molecule has 1 atom stereocenters. The Balaban J connectivity index is 2.05. The summed E-state index contributed by atoms with van der Waals surface area (Å²) in [6, 6.07) is 2.17. The molecule has 3 aromatic heterocycles. The Morgan fingerprint density at radius 1 is 1.43 bits per heavy atom. The number of hydrogen-bond acceptors (Lipinski definition) is 3. The lowest BCUT2D eigenvalue weighted by atomic mass is 10.2. The van der Waals surface area contributed by atoms with Crippen LogP contribution < -0.4 is 0 Å². The van der Waals surface area contributed by atoms with Gasteiger partial charge in [0.15, 0.2) is 5.65 Å². The molecule has 0 N–H and O–H groups in total. The fourth-order valence-electron chi connectivity index (χ4n) is 2.70. The van der Waals surface area contributed by atoms with Crippen LogP contribution >= 0.6 is 22.9 Å². The topological polar surface area (TPSA) is 35.6 Å². The van der Waals surface area contributed by atoms with E-state index in [1.807, 2.05) is 18.7 Å². The Labute approximate surface area is 133 Å². The summed E-state index contributed by atoms with van der Waals surface area (Å²) in [5.74, 6) is 0.935. The molecule has 0 aromatic carbocycles. The van der Waals surface area contributed by atoms with Gasteiger partial charge in [-0.3, -0.25) is 4.68 Å². The first-order valence-electron chi connectivity index (χ1n) is 7.19. The Kier molecular flexibility index (Phi) is 4.04. The molecule has 0 bridgehead atoms. The van der Waals surface area contributed by atoms with Gasteiger partial charge in [-0.15, -0.1) is 11.6 Å². The van der Waals surface area contributed by atoms with Crippen LogP contribution in [-0.4, -0.2) is 19.3 Å². The lowest BCUT2D eigenvalue weighted by Gasteiger charge is -2.10. The first kappa shape index (κ1) is 14.6. The number of aromatic nitrogens is 4. The second kappa shape index (κ2) is 5.81. The number of aryl methyl sites for hydroxylation is 4. The number of halogens is 1. The van der Waals surface area contributed by atoms with Gasteiger partial charge in [0, 0.05) is 13.6 Å². The van der Waals surface area contributed by atoms with Crippen molar-refractivity contribution in [2.45, 2.75) is 38.6 Å². The molecule has 6 heteroatoms. The first-order valence-corrected chi connectivity index (χ1v) is 8.56. The summed E-state index contributed by atoms with van der Waals surface area (Å²) in [6.07, 6.45) is 1.87. The largest absolute Gasteiger partial charge is 0.311 e. The van der Waals surface area contributed by atoms with Crippen LogP contribution in [0.25, 0.3) is 11.2 Å². The lowest BCUT2D eigenvalue weighted by Crippen LogP contribution is -2.09. The zero-order valence-electron chi connectivity index (χ0n) is 12.5. The van der Waals surface area contributed by atoms with E-state index in [4.69, 9.17) is 16.6 Å². The molecule has 0 fully saturated rings. The second-order valence-corrected chi connectivity index (χ2v) is 6.65. The molecule has 0 aliphatic rings. The van der Waals surface area contributed by atoms with Crippen LogP contribution in [0.1, 0.15) is 36.3 Å². The van der Waals surface area contributed by atoms with Crippen LogP contribution in [0, 0.1) is 0 Å². The highest BCUT2D eigenvalue weighted by Gasteiger charge is 2.20. The van der Waals surface area contributed by atoms with E-state index in [0.717, 1.165) is 42.1 Å². The molecule has 0 amide bonds. The Bertz CT molecular complexity index is 739. The molecule has 4 nitrogen and oxygen atoms in total. The smallest absolute Gasteiger partial charge is 0.158 e. The molecule has 0 spiro atoms. The third kappa shape index (κ3) is 2.60. The van der Waals surface area contributed by atoms with E-state index in [1.165, 1.54) is 5.56 Å². The van der Waals surface area contributed by atoms with Gasteiger partial charge in [-0.05, 0) is 42.2 Å². The molecular weight excluding hydrogens is 304 g/mol. The summed E-state index contributed by atoms with van der Waals surface area (Å²) < 4.78 is 4.15. The second-order valence-electron chi connectivity index (χ2n) is 5.22. The number of rotatable bonds is 5. The standard InChI is InChI=1S/C15H19ClN4S/c1-4-12-13-15(19(3)18-12)20(14(17-13)10(2)16)7-5-11-6-8-21-9-11/h6,8-10H,4-5,7H2,1-3H3. The molecule has 3 aromatic rings. The van der Waals surface area contributed by atoms with Crippen molar-refractivity contribution in [1.29, 1.82) is 0 Å². The zero-order valence-corrected chi connectivity index (χ0v) is 14.1. The molecular formula is C15H19ClN4S. The number of hydrogen-bond donors (Lipinski definition) is 0. The quantitative estimate of drug-likeness (QED) is 0.667. The molecule has 0 saturated heterocycles. The van der Waals surface area contributed by atoms with E-state index in [2.05, 4.69) is 33.4 Å². The molecule has 0 aliphatic heterocycles. The highest BCUT2D eigenvalue weighted by molar-refractivity contribution is 7.07. The molecule has 3 heterocycles. The van der Waals surface area contributed by atoms with Crippen molar-refractivity contribution in [1.82, 2.24) is 19.3 Å². The van der Waals surface area contributed by atoms with Crippen molar-refractivity contribution in [3.05, 3.63) is 33.9 Å². The van der Waals surface area contributed by atoms with Gasteiger partial charge in [0.05, 0.1) is 11.1 Å². The van der Waals surface area contributed by atoms with Crippen molar-refractivity contribution in [2.24, 2.45) is 7.05 Å². The number of thiophene rings is 1. The van der Waals surface area contributed by atoms with Crippen LogP contribution in [0.5, 0.6) is 0 Å². The van der Waals surface area contributed by atoms with Gasteiger partial charge >= 0.3 is 0 Å². The average molecular weight is 323 g/mol. The van der Waals surface area contributed by atoms with E-state index in [0.29, 0.717) is 0 Å². The van der Waals surface area contributed by atoms with Crippen LogP contribution in [0.4, 0.5) is 0 Å². The summed E-state index contributed by atoms with van der Waals surface area (Å²) in [4.78, 5) is 4.75. The third-order valence-corrected chi connectivity index (χ3v) is 4.64. The summed E-state index contributed by atoms with van der Waals surface area (Å²) in [5.41, 5.74) is 4.46. The minimum Gasteiger partial charge on any atom is -0.311 e. The molecule has 3 rings (SSSR count). The summed E-state index contributed by atoms with van der Waals surface area (Å²) >= 11 is 8.07. The lowest BCUT2D eigenvalue weighted by molar-refractivity contribution is 0.636. The van der Waals surface area contributed by atoms with Gasteiger partial charge in [0.2, 0.25) is 0 Å².